The molecule has 2 aromatic rings. The molecule has 14 heavy (non-hydrogen) atoms. The van der Waals surface area contributed by atoms with Crippen LogP contribution in [-0.2, 0) is 0 Å². The third kappa shape index (κ3) is 1.17. The van der Waals surface area contributed by atoms with E-state index in [9.17, 15) is 0 Å². The Hall–Kier alpha value is -2.08. The average Bonchev–Trinajstić information content (AvgIpc) is 2.19. The van der Waals surface area contributed by atoms with Crippen molar-refractivity contribution in [3.05, 3.63) is 35.5 Å². The maximum atomic E-state index is 8.85. The zero-order chi connectivity index (χ0) is 10.1. The number of pyridine rings is 1. The van der Waals surface area contributed by atoms with Crippen molar-refractivity contribution in [2.75, 3.05) is 5.73 Å². The number of hydrogen-bond acceptors (Lipinski definition) is 3. The molecule has 0 saturated carbocycles. The van der Waals surface area contributed by atoms with Gasteiger partial charge >= 0.3 is 0 Å². The van der Waals surface area contributed by atoms with Crippen LogP contribution in [0.25, 0.3) is 10.8 Å². The fraction of sp³-hybridized carbons (Fsp3) is 0.0909. The number of aromatic nitrogens is 1. The molecule has 0 unspecified atom stereocenters. The summed E-state index contributed by atoms with van der Waals surface area (Å²) in [6.45, 7) is 1.89. The molecule has 0 spiro atoms. The van der Waals surface area contributed by atoms with E-state index in [1.807, 2.05) is 25.1 Å². The smallest absolute Gasteiger partial charge is 0.131 e. The molecule has 0 atom stereocenters. The van der Waals surface area contributed by atoms with Gasteiger partial charge in [-0.1, -0.05) is 0 Å². The Balaban J connectivity index is 2.88. The van der Waals surface area contributed by atoms with E-state index in [0.29, 0.717) is 11.4 Å². The lowest BCUT2D eigenvalue weighted by Gasteiger charge is -2.03. The van der Waals surface area contributed by atoms with E-state index in [1.165, 1.54) is 0 Å². The first-order valence-corrected chi connectivity index (χ1v) is 4.27. The number of anilines is 1. The number of rotatable bonds is 0. The van der Waals surface area contributed by atoms with Gasteiger partial charge < -0.3 is 5.73 Å². The van der Waals surface area contributed by atoms with Gasteiger partial charge in [0.25, 0.3) is 0 Å². The molecule has 2 rings (SSSR count). The van der Waals surface area contributed by atoms with Crippen LogP contribution in [0.5, 0.6) is 0 Å². The first-order valence-electron chi connectivity index (χ1n) is 4.27. The van der Waals surface area contributed by atoms with E-state index in [-0.39, 0.29) is 0 Å². The summed E-state index contributed by atoms with van der Waals surface area (Å²) >= 11 is 0. The summed E-state index contributed by atoms with van der Waals surface area (Å²) < 4.78 is 0. The molecular formula is C11H9N3. The van der Waals surface area contributed by atoms with Crippen molar-refractivity contribution < 1.29 is 0 Å². The number of nitrogens with two attached hydrogens (primary N) is 1. The predicted molar refractivity (Wildman–Crippen MR) is 55.6 cm³/mol. The first kappa shape index (κ1) is 8.52. The Morgan fingerprint density at radius 2 is 2.21 bits per heavy atom. The quantitative estimate of drug-likeness (QED) is 0.679. The van der Waals surface area contributed by atoms with Crippen molar-refractivity contribution in [3.63, 3.8) is 0 Å². The molecule has 0 amide bonds. The summed E-state index contributed by atoms with van der Waals surface area (Å²) in [5, 5.41) is 10.7. The molecule has 0 bridgehead atoms. The minimum absolute atomic E-state index is 0.509. The number of nitrogens with zero attached hydrogens (tertiary/aromatic N) is 2. The summed E-state index contributed by atoms with van der Waals surface area (Å²) in [6, 6.07) is 7.73. The Kier molecular flexibility index (Phi) is 1.83. The van der Waals surface area contributed by atoms with Crippen LogP contribution < -0.4 is 5.73 Å². The van der Waals surface area contributed by atoms with E-state index < -0.39 is 0 Å². The summed E-state index contributed by atoms with van der Waals surface area (Å²) in [6.07, 6.45) is 1.65. The summed E-state index contributed by atoms with van der Waals surface area (Å²) in [5.74, 6) is 0.509. The average molecular weight is 183 g/mol. The van der Waals surface area contributed by atoms with Crippen LogP contribution in [-0.4, -0.2) is 4.98 Å². The van der Waals surface area contributed by atoms with Crippen LogP contribution >= 0.6 is 0 Å². The second-order valence-electron chi connectivity index (χ2n) is 3.20. The SMILES string of the molecule is Cc1cc2c(N)nccc2cc1C#N. The molecule has 1 aromatic heterocycles. The van der Waals surface area contributed by atoms with Gasteiger partial charge in [0.1, 0.15) is 5.82 Å². The molecule has 0 radical (unpaired) electrons. The number of nitriles is 1. The van der Waals surface area contributed by atoms with Crippen LogP contribution in [0.2, 0.25) is 0 Å². The monoisotopic (exact) mass is 183 g/mol. The Morgan fingerprint density at radius 3 is 2.93 bits per heavy atom. The molecule has 68 valence electrons. The third-order valence-electron chi connectivity index (χ3n) is 2.26. The van der Waals surface area contributed by atoms with Gasteiger partial charge in [0.05, 0.1) is 11.6 Å². The molecule has 0 aliphatic rings. The Labute approximate surface area is 81.8 Å². The number of aryl methyl sites for hydroxylation is 1. The van der Waals surface area contributed by atoms with Crippen molar-refractivity contribution in [1.29, 1.82) is 5.26 Å². The maximum Gasteiger partial charge on any atom is 0.131 e. The van der Waals surface area contributed by atoms with Gasteiger partial charge in [-0.3, -0.25) is 0 Å². The van der Waals surface area contributed by atoms with Crippen molar-refractivity contribution in [1.82, 2.24) is 4.98 Å². The molecule has 2 N–H and O–H groups in total. The summed E-state index contributed by atoms with van der Waals surface area (Å²) in [5.41, 5.74) is 7.34. The fourth-order valence-electron chi connectivity index (χ4n) is 1.47. The highest BCUT2D eigenvalue weighted by atomic mass is 14.8. The van der Waals surface area contributed by atoms with E-state index in [0.717, 1.165) is 16.3 Å². The van der Waals surface area contributed by atoms with Crippen molar-refractivity contribution >= 4 is 16.6 Å². The molecule has 3 nitrogen and oxygen atoms in total. The second-order valence-corrected chi connectivity index (χ2v) is 3.20. The van der Waals surface area contributed by atoms with Gasteiger partial charge in [-0.05, 0) is 36.1 Å². The lowest BCUT2D eigenvalue weighted by atomic mass is 10.0. The highest BCUT2D eigenvalue weighted by molar-refractivity contribution is 5.92. The molecule has 0 saturated heterocycles. The highest BCUT2D eigenvalue weighted by Gasteiger charge is 2.03. The molecule has 1 aromatic carbocycles. The van der Waals surface area contributed by atoms with Gasteiger partial charge in [0.2, 0.25) is 0 Å². The number of benzene rings is 1. The minimum Gasteiger partial charge on any atom is -0.383 e. The van der Waals surface area contributed by atoms with E-state index in [1.54, 1.807) is 6.20 Å². The third-order valence-corrected chi connectivity index (χ3v) is 2.26. The van der Waals surface area contributed by atoms with Gasteiger partial charge in [0, 0.05) is 11.6 Å². The van der Waals surface area contributed by atoms with E-state index >= 15 is 0 Å². The number of fused-ring (bicyclic) bond motifs is 1. The van der Waals surface area contributed by atoms with Gasteiger partial charge in [-0.15, -0.1) is 0 Å². The van der Waals surface area contributed by atoms with Crippen molar-refractivity contribution in [2.45, 2.75) is 6.92 Å². The zero-order valence-electron chi connectivity index (χ0n) is 7.78. The summed E-state index contributed by atoms with van der Waals surface area (Å²) in [4.78, 5) is 4.00. The van der Waals surface area contributed by atoms with E-state index in [4.69, 9.17) is 11.0 Å². The normalized spacial score (nSPS) is 10.0. The van der Waals surface area contributed by atoms with Crippen LogP contribution in [0.4, 0.5) is 5.82 Å². The maximum absolute atomic E-state index is 8.85. The molecule has 0 aliphatic heterocycles. The topological polar surface area (TPSA) is 62.7 Å². The molecule has 0 aliphatic carbocycles. The fourth-order valence-corrected chi connectivity index (χ4v) is 1.47. The first-order chi connectivity index (χ1) is 6.72. The number of hydrogen-bond donors (Lipinski definition) is 1. The zero-order valence-corrected chi connectivity index (χ0v) is 7.78. The number of nitrogen functional groups attached to an aromatic ring is 1. The highest BCUT2D eigenvalue weighted by Crippen LogP contribution is 2.22. The van der Waals surface area contributed by atoms with Crippen LogP contribution in [0.15, 0.2) is 24.4 Å². The van der Waals surface area contributed by atoms with Crippen LogP contribution in [0.1, 0.15) is 11.1 Å². The van der Waals surface area contributed by atoms with Gasteiger partial charge in [-0.25, -0.2) is 4.98 Å². The molecule has 3 heteroatoms. The standard InChI is InChI=1S/C11H9N3/c1-7-4-10-8(5-9(7)6-12)2-3-14-11(10)13/h2-5H,1H3,(H2,13,14). The lowest BCUT2D eigenvalue weighted by Crippen LogP contribution is -1.92. The van der Waals surface area contributed by atoms with Crippen molar-refractivity contribution in [3.8, 4) is 6.07 Å². The van der Waals surface area contributed by atoms with Crippen LogP contribution in [0.3, 0.4) is 0 Å². The molecule has 0 fully saturated rings. The Morgan fingerprint density at radius 1 is 1.43 bits per heavy atom. The van der Waals surface area contributed by atoms with Gasteiger partial charge in [-0.2, -0.15) is 5.26 Å². The Bertz CT molecular complexity index is 538. The molecular weight excluding hydrogens is 174 g/mol. The second kappa shape index (κ2) is 3.00. The van der Waals surface area contributed by atoms with Crippen LogP contribution in [0, 0.1) is 18.3 Å². The predicted octanol–water partition coefficient (Wildman–Crippen LogP) is 2.00. The lowest BCUT2D eigenvalue weighted by molar-refractivity contribution is 1.35. The molecule has 1 heterocycles. The largest absolute Gasteiger partial charge is 0.383 e. The van der Waals surface area contributed by atoms with Gasteiger partial charge in [0.15, 0.2) is 0 Å². The summed E-state index contributed by atoms with van der Waals surface area (Å²) in [7, 11) is 0. The minimum atomic E-state index is 0.509. The van der Waals surface area contributed by atoms with E-state index in [2.05, 4.69) is 11.1 Å². The van der Waals surface area contributed by atoms with Crippen molar-refractivity contribution in [2.24, 2.45) is 0 Å².